The van der Waals surface area contributed by atoms with Gasteiger partial charge in [-0.1, -0.05) is 41.4 Å². The molecular weight excluding hydrogens is 597 g/mol. The molecule has 1 heterocycles. The third kappa shape index (κ3) is 6.89. The van der Waals surface area contributed by atoms with Gasteiger partial charge < -0.3 is 5.32 Å². The third-order valence-corrected chi connectivity index (χ3v) is 9.34. The lowest BCUT2D eigenvalue weighted by Crippen LogP contribution is -2.38. The van der Waals surface area contributed by atoms with Crippen LogP contribution in [0.4, 0.5) is 17.3 Å². The van der Waals surface area contributed by atoms with Gasteiger partial charge in [-0.15, -0.1) is 0 Å². The summed E-state index contributed by atoms with van der Waals surface area (Å²) in [5, 5.41) is 2.93. The maximum atomic E-state index is 13.5. The van der Waals surface area contributed by atoms with E-state index in [4.69, 9.17) is 23.2 Å². The SMILES string of the molecule is Cc1cc(C)nc(NS(=O)(=O)c2ccc(NC(=O)CN(c3ccc(Cl)c(Cl)c3)S(=O)(=O)c3ccccc3)cc2)n1. The second-order valence-corrected chi connectivity index (χ2v) is 12.9. The molecule has 0 bridgehead atoms. The minimum Gasteiger partial charge on any atom is -0.325 e. The number of halogens is 2. The molecule has 0 saturated carbocycles. The molecule has 0 radical (unpaired) electrons. The average molecular weight is 621 g/mol. The number of hydrogen-bond donors (Lipinski definition) is 2. The molecule has 1 amide bonds. The Kier molecular flexibility index (Phi) is 8.64. The Labute approximate surface area is 242 Å². The van der Waals surface area contributed by atoms with Crippen LogP contribution in [0.3, 0.4) is 0 Å². The molecule has 3 aromatic carbocycles. The second kappa shape index (κ2) is 11.8. The number of benzene rings is 3. The number of aromatic nitrogens is 2. The summed E-state index contributed by atoms with van der Waals surface area (Å²) in [5.41, 5.74) is 1.59. The van der Waals surface area contributed by atoms with Crippen molar-refractivity contribution in [1.82, 2.24) is 9.97 Å². The molecule has 0 unspecified atom stereocenters. The lowest BCUT2D eigenvalue weighted by atomic mass is 10.3. The van der Waals surface area contributed by atoms with Crippen LogP contribution in [0.5, 0.6) is 0 Å². The van der Waals surface area contributed by atoms with E-state index in [1.807, 2.05) is 0 Å². The first-order chi connectivity index (χ1) is 18.8. The van der Waals surface area contributed by atoms with E-state index in [2.05, 4.69) is 20.0 Å². The van der Waals surface area contributed by atoms with Gasteiger partial charge in [0.05, 0.1) is 25.5 Å². The molecule has 0 aliphatic heterocycles. The highest BCUT2D eigenvalue weighted by atomic mass is 35.5. The van der Waals surface area contributed by atoms with Crippen LogP contribution in [-0.2, 0) is 24.8 Å². The zero-order valence-corrected chi connectivity index (χ0v) is 24.3. The van der Waals surface area contributed by atoms with Crippen LogP contribution in [0.1, 0.15) is 11.4 Å². The van der Waals surface area contributed by atoms with Crippen LogP contribution in [-0.4, -0.2) is 39.3 Å². The number of amides is 1. The molecule has 208 valence electrons. The minimum atomic E-state index is -4.16. The molecule has 10 nitrogen and oxygen atoms in total. The normalized spacial score (nSPS) is 11.6. The van der Waals surface area contributed by atoms with E-state index in [9.17, 15) is 21.6 Å². The van der Waals surface area contributed by atoms with E-state index < -0.39 is 32.5 Å². The minimum absolute atomic E-state index is 0.0243. The third-order valence-electron chi connectivity index (χ3n) is 5.47. The summed E-state index contributed by atoms with van der Waals surface area (Å²) in [5.74, 6) is -0.736. The van der Waals surface area contributed by atoms with Crippen molar-refractivity contribution in [2.24, 2.45) is 0 Å². The zero-order valence-electron chi connectivity index (χ0n) is 21.2. The molecule has 0 aliphatic carbocycles. The van der Waals surface area contributed by atoms with Crippen LogP contribution in [0.15, 0.2) is 88.7 Å². The monoisotopic (exact) mass is 619 g/mol. The first kappa shape index (κ1) is 29.3. The quantitative estimate of drug-likeness (QED) is 0.268. The van der Waals surface area contributed by atoms with Crippen LogP contribution >= 0.6 is 23.2 Å². The summed E-state index contributed by atoms with van der Waals surface area (Å²) in [7, 11) is -8.17. The van der Waals surface area contributed by atoms with Crippen molar-refractivity contribution in [2.45, 2.75) is 23.6 Å². The first-order valence-corrected chi connectivity index (χ1v) is 15.3. The van der Waals surface area contributed by atoms with Gasteiger partial charge in [-0.25, -0.2) is 31.5 Å². The van der Waals surface area contributed by atoms with Crippen molar-refractivity contribution in [3.63, 3.8) is 0 Å². The number of nitrogens with one attached hydrogen (secondary N) is 2. The summed E-state index contributed by atoms with van der Waals surface area (Å²) in [4.78, 5) is 21.0. The Balaban J connectivity index is 1.54. The van der Waals surface area contributed by atoms with Crippen molar-refractivity contribution in [1.29, 1.82) is 0 Å². The highest BCUT2D eigenvalue weighted by molar-refractivity contribution is 7.93. The molecule has 14 heteroatoms. The molecule has 0 aliphatic rings. The van der Waals surface area contributed by atoms with E-state index in [1.165, 1.54) is 54.6 Å². The van der Waals surface area contributed by atoms with Gasteiger partial charge in [-0.3, -0.25) is 9.10 Å². The van der Waals surface area contributed by atoms with Crippen molar-refractivity contribution in [3.05, 3.63) is 100 Å². The van der Waals surface area contributed by atoms with Crippen LogP contribution in [0, 0.1) is 13.8 Å². The molecule has 1 aromatic heterocycles. The zero-order chi connectivity index (χ0) is 29.1. The summed E-state index contributed by atoms with van der Waals surface area (Å²) in [6.07, 6.45) is 0. The highest BCUT2D eigenvalue weighted by Crippen LogP contribution is 2.30. The molecule has 4 aromatic rings. The number of hydrogen-bond acceptors (Lipinski definition) is 7. The van der Waals surface area contributed by atoms with E-state index in [0.717, 1.165) is 4.31 Å². The Hall–Kier alpha value is -3.71. The van der Waals surface area contributed by atoms with Crippen molar-refractivity contribution in [3.8, 4) is 0 Å². The Bertz CT molecular complexity index is 1750. The van der Waals surface area contributed by atoms with E-state index in [0.29, 0.717) is 11.4 Å². The van der Waals surface area contributed by atoms with Gasteiger partial charge >= 0.3 is 0 Å². The van der Waals surface area contributed by atoms with Crippen molar-refractivity contribution < 1.29 is 21.6 Å². The van der Waals surface area contributed by atoms with Gasteiger partial charge in [-0.2, -0.15) is 0 Å². The largest absolute Gasteiger partial charge is 0.325 e. The summed E-state index contributed by atoms with van der Waals surface area (Å²) in [6.45, 7) is 2.84. The Morgan fingerprint density at radius 2 is 1.43 bits per heavy atom. The molecule has 2 N–H and O–H groups in total. The number of aryl methyl sites for hydroxylation is 2. The van der Waals surface area contributed by atoms with E-state index >= 15 is 0 Å². The fourth-order valence-electron chi connectivity index (χ4n) is 3.67. The maximum absolute atomic E-state index is 13.5. The number of nitrogens with zero attached hydrogens (tertiary/aromatic N) is 3. The van der Waals surface area contributed by atoms with Gasteiger partial charge in [-0.05, 0) is 74.5 Å². The lowest BCUT2D eigenvalue weighted by Gasteiger charge is -2.24. The van der Waals surface area contributed by atoms with Crippen molar-refractivity contribution in [2.75, 3.05) is 20.9 Å². The van der Waals surface area contributed by atoms with E-state index in [1.54, 1.807) is 38.1 Å². The van der Waals surface area contributed by atoms with Gasteiger partial charge in [0.1, 0.15) is 6.54 Å². The van der Waals surface area contributed by atoms with Gasteiger partial charge in [0, 0.05) is 17.1 Å². The van der Waals surface area contributed by atoms with Crippen LogP contribution in [0.25, 0.3) is 0 Å². The number of rotatable bonds is 9. The lowest BCUT2D eigenvalue weighted by molar-refractivity contribution is -0.114. The highest BCUT2D eigenvalue weighted by Gasteiger charge is 2.28. The van der Waals surface area contributed by atoms with Crippen LogP contribution in [0.2, 0.25) is 10.0 Å². The summed E-state index contributed by atoms with van der Waals surface area (Å²) in [6, 6.07) is 18.9. The molecule has 0 fully saturated rings. The molecule has 4 rings (SSSR count). The van der Waals surface area contributed by atoms with E-state index in [-0.39, 0.29) is 37.2 Å². The molecule has 0 spiro atoms. The summed E-state index contributed by atoms with van der Waals surface area (Å²) < 4.78 is 55.7. The average Bonchev–Trinajstić information content (AvgIpc) is 2.89. The first-order valence-electron chi connectivity index (χ1n) is 11.6. The second-order valence-electron chi connectivity index (χ2n) is 8.58. The maximum Gasteiger partial charge on any atom is 0.264 e. The number of anilines is 3. The predicted octanol–water partition coefficient (Wildman–Crippen LogP) is 5.04. The Morgan fingerprint density at radius 1 is 0.800 bits per heavy atom. The molecular formula is C26H23Cl2N5O5S2. The van der Waals surface area contributed by atoms with Gasteiger partial charge in [0.2, 0.25) is 11.9 Å². The molecule has 0 saturated heterocycles. The van der Waals surface area contributed by atoms with Gasteiger partial charge in [0.15, 0.2) is 0 Å². The van der Waals surface area contributed by atoms with Gasteiger partial charge in [0.25, 0.3) is 20.0 Å². The van der Waals surface area contributed by atoms with Crippen molar-refractivity contribution >= 4 is 66.5 Å². The number of sulfonamides is 2. The number of carbonyl (C=O) groups excluding carboxylic acids is 1. The predicted molar refractivity (Wildman–Crippen MR) is 155 cm³/mol. The summed E-state index contributed by atoms with van der Waals surface area (Å²) >= 11 is 12.1. The number of carbonyl (C=O) groups is 1. The Morgan fingerprint density at radius 3 is 2.02 bits per heavy atom. The standard InChI is InChI=1S/C26H23Cl2N5O5S2/c1-17-14-18(2)30-26(29-17)32-39(35,36)21-11-8-19(9-12-21)31-25(34)16-33(20-10-13-23(27)24(28)15-20)40(37,38)22-6-4-3-5-7-22/h3-15H,16H2,1-2H3,(H,31,34)(H,29,30,32). The fraction of sp³-hybridized carbons (Fsp3) is 0.115. The fourth-order valence-corrected chi connectivity index (χ4v) is 6.34. The topological polar surface area (TPSA) is 138 Å². The molecule has 0 atom stereocenters. The van der Waals surface area contributed by atoms with Crippen LogP contribution < -0.4 is 14.3 Å². The smallest absolute Gasteiger partial charge is 0.264 e. The molecule has 40 heavy (non-hydrogen) atoms.